The van der Waals surface area contributed by atoms with E-state index in [2.05, 4.69) is 25.2 Å². The lowest BCUT2D eigenvalue weighted by Gasteiger charge is -2.08. The predicted molar refractivity (Wildman–Crippen MR) is 61.6 cm³/mol. The summed E-state index contributed by atoms with van der Waals surface area (Å²) in [5.74, 6) is 0. The molecule has 0 aliphatic heterocycles. The van der Waals surface area contributed by atoms with Gasteiger partial charge in [-0.3, -0.25) is 0 Å². The third-order valence-corrected chi connectivity index (χ3v) is 2.62. The maximum atomic E-state index is 9.70. The molecule has 1 aromatic heterocycles. The van der Waals surface area contributed by atoms with Gasteiger partial charge in [0, 0.05) is 13.1 Å². The van der Waals surface area contributed by atoms with Gasteiger partial charge in [-0.05, 0) is 36.2 Å². The number of nitrogens with one attached hydrogen (secondary N) is 1. The van der Waals surface area contributed by atoms with Gasteiger partial charge in [0.1, 0.15) is 0 Å². The van der Waals surface area contributed by atoms with E-state index >= 15 is 0 Å². The first kappa shape index (κ1) is 11.4. The second-order valence-electron chi connectivity index (χ2n) is 3.51. The molecule has 1 heterocycles. The smallest absolute Gasteiger partial charge is 0.0922 e. The van der Waals surface area contributed by atoms with Crippen molar-refractivity contribution < 1.29 is 5.11 Å². The van der Waals surface area contributed by atoms with E-state index in [1.807, 2.05) is 16.8 Å². The molecule has 0 saturated heterocycles. The van der Waals surface area contributed by atoms with Crippen molar-refractivity contribution in [2.24, 2.45) is 0 Å². The van der Waals surface area contributed by atoms with Gasteiger partial charge in [-0.25, -0.2) is 0 Å². The molecule has 78 valence electrons. The molecule has 0 aromatic carbocycles. The summed E-state index contributed by atoms with van der Waals surface area (Å²) < 4.78 is 0. The van der Waals surface area contributed by atoms with Crippen LogP contribution in [0, 0.1) is 0 Å². The number of aliphatic hydroxyl groups is 1. The first-order valence-corrected chi connectivity index (χ1v) is 5.68. The van der Waals surface area contributed by atoms with E-state index in [1.54, 1.807) is 11.3 Å². The third kappa shape index (κ3) is 4.05. The second-order valence-corrected chi connectivity index (χ2v) is 4.29. The molecule has 1 unspecified atom stereocenters. The van der Waals surface area contributed by atoms with Crippen LogP contribution in [-0.4, -0.2) is 18.2 Å². The number of aliphatic hydroxyl groups excluding tert-OH is 1. The van der Waals surface area contributed by atoms with Gasteiger partial charge in [-0.2, -0.15) is 11.3 Å². The van der Waals surface area contributed by atoms with Crippen molar-refractivity contribution in [1.82, 2.24) is 5.32 Å². The van der Waals surface area contributed by atoms with E-state index < -0.39 is 0 Å². The van der Waals surface area contributed by atoms with Crippen LogP contribution in [-0.2, 0) is 0 Å². The number of hydrogen-bond acceptors (Lipinski definition) is 3. The zero-order valence-corrected chi connectivity index (χ0v) is 9.47. The van der Waals surface area contributed by atoms with Crippen molar-refractivity contribution in [1.29, 1.82) is 0 Å². The van der Waals surface area contributed by atoms with Gasteiger partial charge in [0.05, 0.1) is 6.10 Å². The monoisotopic (exact) mass is 211 g/mol. The Hall–Kier alpha value is -0.640. The standard InChI is InChI=1S/C11H17NOS/c1-9(2)3-5-12-7-11(13)10-4-6-14-8-10/h3-4,6,8,11-13H,5,7H2,1-2H3. The second kappa shape index (κ2) is 5.96. The summed E-state index contributed by atoms with van der Waals surface area (Å²) in [6.07, 6.45) is 1.73. The molecule has 0 amide bonds. The van der Waals surface area contributed by atoms with Crippen LogP contribution in [0.1, 0.15) is 25.5 Å². The van der Waals surface area contributed by atoms with Crippen LogP contribution in [0.4, 0.5) is 0 Å². The summed E-state index contributed by atoms with van der Waals surface area (Å²) in [7, 11) is 0. The van der Waals surface area contributed by atoms with Crippen LogP contribution in [0.5, 0.6) is 0 Å². The SMILES string of the molecule is CC(C)=CCNCC(O)c1ccsc1. The Morgan fingerprint density at radius 3 is 3.00 bits per heavy atom. The number of hydrogen-bond donors (Lipinski definition) is 2. The number of allylic oxidation sites excluding steroid dienone is 1. The molecule has 2 nitrogen and oxygen atoms in total. The lowest BCUT2D eigenvalue weighted by atomic mass is 10.2. The highest BCUT2D eigenvalue weighted by molar-refractivity contribution is 7.07. The average Bonchev–Trinajstić information content (AvgIpc) is 2.64. The Morgan fingerprint density at radius 2 is 2.43 bits per heavy atom. The van der Waals surface area contributed by atoms with Gasteiger partial charge >= 0.3 is 0 Å². The van der Waals surface area contributed by atoms with Gasteiger partial charge in [-0.1, -0.05) is 11.6 Å². The molecule has 14 heavy (non-hydrogen) atoms. The molecule has 1 aromatic rings. The molecule has 0 fully saturated rings. The molecular formula is C11H17NOS. The lowest BCUT2D eigenvalue weighted by molar-refractivity contribution is 0.177. The summed E-state index contributed by atoms with van der Waals surface area (Å²) in [5, 5.41) is 16.8. The fourth-order valence-electron chi connectivity index (χ4n) is 1.08. The number of thiophene rings is 1. The van der Waals surface area contributed by atoms with Crippen LogP contribution in [0.15, 0.2) is 28.5 Å². The van der Waals surface area contributed by atoms with Gasteiger partial charge in [0.25, 0.3) is 0 Å². The van der Waals surface area contributed by atoms with Crippen molar-refractivity contribution in [2.45, 2.75) is 20.0 Å². The zero-order valence-electron chi connectivity index (χ0n) is 8.66. The van der Waals surface area contributed by atoms with Crippen LogP contribution in [0.25, 0.3) is 0 Å². The van der Waals surface area contributed by atoms with E-state index in [4.69, 9.17) is 0 Å². The Balaban J connectivity index is 2.22. The van der Waals surface area contributed by atoms with E-state index in [9.17, 15) is 5.11 Å². The molecule has 0 bridgehead atoms. The summed E-state index contributed by atoms with van der Waals surface area (Å²) in [4.78, 5) is 0. The number of rotatable bonds is 5. The molecule has 0 radical (unpaired) electrons. The van der Waals surface area contributed by atoms with Crippen molar-refractivity contribution in [3.63, 3.8) is 0 Å². The predicted octanol–water partition coefficient (Wildman–Crippen LogP) is 2.34. The molecule has 1 atom stereocenters. The first-order chi connectivity index (χ1) is 6.70. The molecule has 1 rings (SSSR count). The highest BCUT2D eigenvalue weighted by Gasteiger charge is 2.05. The summed E-state index contributed by atoms with van der Waals surface area (Å²) >= 11 is 1.61. The summed E-state index contributed by atoms with van der Waals surface area (Å²) in [6.45, 7) is 5.57. The lowest BCUT2D eigenvalue weighted by Crippen LogP contribution is -2.21. The quantitative estimate of drug-likeness (QED) is 0.579. The normalized spacial score (nSPS) is 12.5. The van der Waals surface area contributed by atoms with E-state index in [-0.39, 0.29) is 6.10 Å². The highest BCUT2D eigenvalue weighted by Crippen LogP contribution is 2.14. The van der Waals surface area contributed by atoms with Gasteiger partial charge in [0.15, 0.2) is 0 Å². The summed E-state index contributed by atoms with van der Waals surface area (Å²) in [5.41, 5.74) is 2.29. The van der Waals surface area contributed by atoms with E-state index in [0.29, 0.717) is 6.54 Å². The first-order valence-electron chi connectivity index (χ1n) is 4.74. The molecule has 0 saturated carbocycles. The van der Waals surface area contributed by atoms with Crippen LogP contribution < -0.4 is 5.32 Å². The summed E-state index contributed by atoms with van der Waals surface area (Å²) in [6, 6.07) is 1.96. The van der Waals surface area contributed by atoms with Crippen molar-refractivity contribution in [2.75, 3.05) is 13.1 Å². The largest absolute Gasteiger partial charge is 0.387 e. The molecule has 0 aliphatic rings. The molecule has 0 aliphatic carbocycles. The van der Waals surface area contributed by atoms with Gasteiger partial charge < -0.3 is 10.4 Å². The van der Waals surface area contributed by atoms with Crippen molar-refractivity contribution in [3.05, 3.63) is 34.0 Å². The van der Waals surface area contributed by atoms with Crippen molar-refractivity contribution >= 4 is 11.3 Å². The van der Waals surface area contributed by atoms with E-state index in [1.165, 1.54) is 5.57 Å². The molecule has 0 spiro atoms. The minimum Gasteiger partial charge on any atom is -0.387 e. The van der Waals surface area contributed by atoms with Gasteiger partial charge in [0.2, 0.25) is 0 Å². The van der Waals surface area contributed by atoms with E-state index in [0.717, 1.165) is 12.1 Å². The minimum absolute atomic E-state index is 0.383. The fourth-order valence-corrected chi connectivity index (χ4v) is 1.79. The Morgan fingerprint density at radius 1 is 1.64 bits per heavy atom. The molecule has 3 heteroatoms. The van der Waals surface area contributed by atoms with Gasteiger partial charge in [-0.15, -0.1) is 0 Å². The Kier molecular flexibility index (Phi) is 4.87. The maximum Gasteiger partial charge on any atom is 0.0922 e. The molecule has 2 N–H and O–H groups in total. The zero-order chi connectivity index (χ0) is 10.4. The third-order valence-electron chi connectivity index (χ3n) is 1.92. The van der Waals surface area contributed by atoms with Crippen LogP contribution in [0.3, 0.4) is 0 Å². The molecular weight excluding hydrogens is 194 g/mol. The highest BCUT2D eigenvalue weighted by atomic mass is 32.1. The van der Waals surface area contributed by atoms with Crippen molar-refractivity contribution in [3.8, 4) is 0 Å². The van der Waals surface area contributed by atoms with Crippen LogP contribution >= 0.6 is 11.3 Å². The fraction of sp³-hybridized carbons (Fsp3) is 0.455. The average molecular weight is 211 g/mol. The topological polar surface area (TPSA) is 32.3 Å². The van der Waals surface area contributed by atoms with Crippen LogP contribution in [0.2, 0.25) is 0 Å². The maximum absolute atomic E-state index is 9.70. The Labute approximate surface area is 89.3 Å². The minimum atomic E-state index is -0.383. The Bertz CT molecular complexity index is 275.